The predicted octanol–water partition coefficient (Wildman–Crippen LogP) is 5.24. The molecule has 7 heteroatoms. The molecule has 1 aliphatic rings. The average molecular weight is 551 g/mol. The second-order valence-corrected chi connectivity index (χ2v) is 9.58. The van der Waals surface area contributed by atoms with Crippen molar-refractivity contribution in [3.05, 3.63) is 100 Å². The number of benzene rings is 3. The zero-order chi connectivity index (χ0) is 25.4. The third-order valence-electron chi connectivity index (χ3n) is 6.09. The number of aliphatic imine (C=N–C) groups is 1. The Morgan fingerprint density at radius 1 is 1.08 bits per heavy atom. The first-order valence-corrected chi connectivity index (χ1v) is 13.0. The van der Waals surface area contributed by atoms with Crippen LogP contribution < -0.4 is 10.1 Å². The molecule has 2 N–H and O–H groups in total. The average Bonchev–Trinajstić information content (AvgIpc) is 3.30. The van der Waals surface area contributed by atoms with Crippen molar-refractivity contribution in [3.63, 3.8) is 0 Å². The van der Waals surface area contributed by atoms with Gasteiger partial charge in [-0.25, -0.2) is 4.99 Å². The lowest BCUT2D eigenvalue weighted by atomic mass is 9.82. The first kappa shape index (κ1) is 25.9. The Bertz CT molecular complexity index is 1180. The summed E-state index contributed by atoms with van der Waals surface area (Å²) in [7, 11) is 0. The van der Waals surface area contributed by atoms with Crippen molar-refractivity contribution < 1.29 is 19.4 Å². The molecule has 6 nitrogen and oxygen atoms in total. The van der Waals surface area contributed by atoms with Crippen LogP contribution in [0.25, 0.3) is 0 Å². The number of aliphatic hydroxyl groups is 1. The fraction of sp³-hybridized carbons (Fsp3) is 0.310. The summed E-state index contributed by atoms with van der Waals surface area (Å²) in [5.74, 6) is 0.961. The number of rotatable bonds is 11. The quantitative estimate of drug-likeness (QED) is 0.320. The van der Waals surface area contributed by atoms with E-state index >= 15 is 0 Å². The van der Waals surface area contributed by atoms with Gasteiger partial charge in [-0.3, -0.25) is 4.79 Å². The molecular weight excluding hydrogens is 520 g/mol. The van der Waals surface area contributed by atoms with Gasteiger partial charge in [0.1, 0.15) is 5.75 Å². The van der Waals surface area contributed by atoms with Crippen molar-refractivity contribution in [2.75, 3.05) is 19.8 Å². The van der Waals surface area contributed by atoms with E-state index in [2.05, 4.69) is 21.2 Å². The number of ether oxygens (including phenoxy) is 2. The highest BCUT2D eigenvalue weighted by Crippen LogP contribution is 2.43. The third-order valence-corrected chi connectivity index (χ3v) is 6.86. The van der Waals surface area contributed by atoms with Crippen LogP contribution in [0.3, 0.4) is 0 Å². The Hall–Kier alpha value is -3.16. The van der Waals surface area contributed by atoms with E-state index in [-0.39, 0.29) is 12.5 Å². The number of carbonyl (C=O) groups excluding carboxylic acids is 1. The summed E-state index contributed by atoms with van der Waals surface area (Å²) in [4.78, 5) is 18.9. The maximum atomic E-state index is 13.8. The molecular formula is C29H31BrN2O4. The standard InChI is InChI=1S/C29H31BrN2O4/c1-2-17-31-28(34)29(20-23-11-6-7-12-25(23)30)26(21-9-4-3-5-10-21)36-27(32-29)22-13-15-24(16-14-22)35-19-8-18-33/h3-7,9-16,26,33H,2,8,17-20H2,1H3,(H,31,34)/t26-,29-/m1/s1. The van der Waals surface area contributed by atoms with Gasteiger partial charge in [-0.2, -0.15) is 0 Å². The number of amides is 1. The molecule has 0 saturated carbocycles. The van der Waals surface area contributed by atoms with E-state index in [0.29, 0.717) is 37.6 Å². The van der Waals surface area contributed by atoms with Crippen LogP contribution in [0, 0.1) is 0 Å². The van der Waals surface area contributed by atoms with E-state index in [1.54, 1.807) is 0 Å². The third kappa shape index (κ3) is 5.79. The summed E-state index contributed by atoms with van der Waals surface area (Å²) in [5, 5.41) is 12.1. The topological polar surface area (TPSA) is 80.2 Å². The SMILES string of the molecule is CCCNC(=O)[C@]1(Cc2ccccc2Br)N=C(c2ccc(OCCCO)cc2)O[C@@H]1c1ccccc1. The van der Waals surface area contributed by atoms with Crippen LogP contribution >= 0.6 is 15.9 Å². The van der Waals surface area contributed by atoms with Crippen molar-refractivity contribution in [2.24, 2.45) is 4.99 Å². The minimum atomic E-state index is -1.19. The molecule has 0 radical (unpaired) electrons. The number of carbonyl (C=O) groups is 1. The number of aliphatic hydroxyl groups excluding tert-OH is 1. The zero-order valence-electron chi connectivity index (χ0n) is 20.3. The van der Waals surface area contributed by atoms with Gasteiger partial charge < -0.3 is 19.9 Å². The highest BCUT2D eigenvalue weighted by atomic mass is 79.9. The van der Waals surface area contributed by atoms with Gasteiger partial charge in [-0.05, 0) is 47.9 Å². The van der Waals surface area contributed by atoms with Crippen LogP contribution in [0.15, 0.2) is 88.3 Å². The fourth-order valence-corrected chi connectivity index (χ4v) is 4.66. The van der Waals surface area contributed by atoms with Crippen LogP contribution in [0.5, 0.6) is 5.75 Å². The number of nitrogens with one attached hydrogen (secondary N) is 1. The van der Waals surface area contributed by atoms with Gasteiger partial charge in [0.25, 0.3) is 5.91 Å². The molecule has 36 heavy (non-hydrogen) atoms. The summed E-state index contributed by atoms with van der Waals surface area (Å²) in [6.07, 6.45) is 1.16. The van der Waals surface area contributed by atoms with Crippen molar-refractivity contribution in [2.45, 2.75) is 37.8 Å². The van der Waals surface area contributed by atoms with Crippen LogP contribution in [0.1, 0.15) is 42.6 Å². The maximum absolute atomic E-state index is 13.8. The van der Waals surface area contributed by atoms with Crippen molar-refractivity contribution >= 4 is 27.7 Å². The van der Waals surface area contributed by atoms with E-state index in [9.17, 15) is 4.79 Å². The molecule has 2 atom stereocenters. The maximum Gasteiger partial charge on any atom is 0.252 e. The minimum Gasteiger partial charge on any atom is -0.494 e. The van der Waals surface area contributed by atoms with Crippen molar-refractivity contribution in [3.8, 4) is 5.75 Å². The smallest absolute Gasteiger partial charge is 0.252 e. The minimum absolute atomic E-state index is 0.0866. The summed E-state index contributed by atoms with van der Waals surface area (Å²) >= 11 is 3.65. The van der Waals surface area contributed by atoms with Crippen LogP contribution in [-0.2, 0) is 16.0 Å². The second kappa shape index (κ2) is 12.2. The molecule has 3 aromatic rings. The molecule has 4 rings (SSSR count). The van der Waals surface area contributed by atoms with E-state index in [0.717, 1.165) is 27.6 Å². The molecule has 1 aliphatic heterocycles. The van der Waals surface area contributed by atoms with Gasteiger partial charge in [-0.15, -0.1) is 0 Å². The highest BCUT2D eigenvalue weighted by Gasteiger charge is 2.53. The Morgan fingerprint density at radius 2 is 1.81 bits per heavy atom. The Labute approximate surface area is 220 Å². The van der Waals surface area contributed by atoms with Gasteiger partial charge in [0, 0.05) is 36.0 Å². The van der Waals surface area contributed by atoms with Crippen LogP contribution in [0.2, 0.25) is 0 Å². The van der Waals surface area contributed by atoms with Gasteiger partial charge in [0.05, 0.1) is 6.61 Å². The molecule has 0 aromatic heterocycles. The summed E-state index contributed by atoms with van der Waals surface area (Å²) < 4.78 is 13.1. The lowest BCUT2D eigenvalue weighted by Crippen LogP contribution is -2.50. The molecule has 188 valence electrons. The number of nitrogens with zero attached hydrogens (tertiary/aromatic N) is 1. The largest absolute Gasteiger partial charge is 0.494 e. The van der Waals surface area contributed by atoms with Gasteiger partial charge in [0.15, 0.2) is 11.6 Å². The highest BCUT2D eigenvalue weighted by molar-refractivity contribution is 9.10. The molecule has 1 amide bonds. The number of hydrogen-bond acceptors (Lipinski definition) is 5. The van der Waals surface area contributed by atoms with Gasteiger partial charge in [-0.1, -0.05) is 71.4 Å². The number of halogens is 1. The second-order valence-electron chi connectivity index (χ2n) is 8.72. The molecule has 1 heterocycles. The van der Waals surface area contributed by atoms with E-state index in [4.69, 9.17) is 19.6 Å². The molecule has 0 aliphatic carbocycles. The Morgan fingerprint density at radius 3 is 2.50 bits per heavy atom. The van der Waals surface area contributed by atoms with Crippen LogP contribution in [0.4, 0.5) is 0 Å². The van der Waals surface area contributed by atoms with E-state index in [1.807, 2.05) is 85.8 Å². The first-order chi connectivity index (χ1) is 17.6. The fourth-order valence-electron chi connectivity index (χ4n) is 4.23. The summed E-state index contributed by atoms with van der Waals surface area (Å²) in [6, 6.07) is 25.2. The zero-order valence-corrected chi connectivity index (χ0v) is 21.9. The van der Waals surface area contributed by atoms with Crippen molar-refractivity contribution in [1.82, 2.24) is 5.32 Å². The molecule has 0 saturated heterocycles. The van der Waals surface area contributed by atoms with Gasteiger partial charge >= 0.3 is 0 Å². The Kier molecular flexibility index (Phi) is 8.78. The summed E-state index contributed by atoms with van der Waals surface area (Å²) in [6.45, 7) is 3.11. The van der Waals surface area contributed by atoms with Crippen LogP contribution in [-0.4, -0.2) is 42.2 Å². The lowest BCUT2D eigenvalue weighted by Gasteiger charge is -2.31. The first-order valence-electron chi connectivity index (χ1n) is 12.2. The molecule has 3 aromatic carbocycles. The van der Waals surface area contributed by atoms with Gasteiger partial charge in [0.2, 0.25) is 5.90 Å². The van der Waals surface area contributed by atoms with Crippen molar-refractivity contribution in [1.29, 1.82) is 0 Å². The summed E-state index contributed by atoms with van der Waals surface area (Å²) in [5.41, 5.74) is 1.44. The normalized spacial score (nSPS) is 18.9. The molecule has 0 unspecified atom stereocenters. The molecule has 0 bridgehead atoms. The Balaban J connectivity index is 1.76. The lowest BCUT2D eigenvalue weighted by molar-refractivity contribution is -0.128. The van der Waals surface area contributed by atoms with E-state index < -0.39 is 11.6 Å². The molecule has 0 fully saturated rings. The monoisotopic (exact) mass is 550 g/mol. The van der Waals surface area contributed by atoms with E-state index in [1.165, 1.54) is 0 Å². The predicted molar refractivity (Wildman–Crippen MR) is 144 cm³/mol. The number of hydrogen-bond donors (Lipinski definition) is 2. The molecule has 0 spiro atoms.